The maximum atomic E-state index is 9.39. The van der Waals surface area contributed by atoms with Crippen LogP contribution in [0.2, 0.25) is 0 Å². The molecule has 114 valence electrons. The zero-order valence-electron chi connectivity index (χ0n) is 11.9. The summed E-state index contributed by atoms with van der Waals surface area (Å²) >= 11 is 3.47. The lowest BCUT2D eigenvalue weighted by atomic mass is 10.1. The van der Waals surface area contributed by atoms with Gasteiger partial charge in [-0.3, -0.25) is 9.48 Å². The predicted molar refractivity (Wildman–Crippen MR) is 79.3 cm³/mol. The van der Waals surface area contributed by atoms with Crippen molar-refractivity contribution in [2.24, 2.45) is 0 Å². The minimum Gasteiger partial charge on any atom is -0.465 e. The number of halogens is 1. The Morgan fingerprint density at radius 2 is 2.25 bits per heavy atom. The second kappa shape index (κ2) is 9.10. The fraction of sp³-hybridized carbons (Fsp3) is 0.692. The van der Waals surface area contributed by atoms with Crippen LogP contribution in [0.1, 0.15) is 38.3 Å². The molecule has 1 aromatic rings. The van der Waals surface area contributed by atoms with E-state index in [0.29, 0.717) is 12.5 Å². The van der Waals surface area contributed by atoms with Crippen LogP contribution in [0.25, 0.3) is 0 Å². The van der Waals surface area contributed by atoms with Gasteiger partial charge in [-0.15, -0.1) is 0 Å². The number of aromatic nitrogens is 2. The zero-order valence-corrected chi connectivity index (χ0v) is 13.5. The number of nitrogens with one attached hydrogen (secondary N) is 1. The third kappa shape index (κ3) is 5.22. The number of hydrogen-bond donors (Lipinski definition) is 2. The number of carbonyl (C=O) groups is 1. The number of ether oxygens (including phenoxy) is 1. The predicted octanol–water partition coefficient (Wildman–Crippen LogP) is 1.63. The Hall–Kier alpha value is -0.920. The van der Waals surface area contributed by atoms with Crippen molar-refractivity contribution in [2.75, 3.05) is 13.1 Å². The number of aliphatic hydroxyl groups is 1. The third-order valence-electron chi connectivity index (χ3n) is 2.96. The molecule has 2 heterocycles. The molecule has 1 fully saturated rings. The van der Waals surface area contributed by atoms with E-state index in [-0.39, 0.29) is 12.7 Å². The number of rotatable bonds is 4. The van der Waals surface area contributed by atoms with E-state index < -0.39 is 0 Å². The van der Waals surface area contributed by atoms with Crippen molar-refractivity contribution >= 4 is 22.4 Å². The summed E-state index contributed by atoms with van der Waals surface area (Å²) in [6.07, 6.45) is 3.96. The van der Waals surface area contributed by atoms with Gasteiger partial charge in [0.2, 0.25) is 0 Å². The monoisotopic (exact) mass is 347 g/mol. The fourth-order valence-electron chi connectivity index (χ4n) is 1.91. The molecule has 2 rings (SSSR count). The molecular weight excluding hydrogens is 326 g/mol. The number of carbonyl (C=O) groups excluding carboxylic acids is 1. The normalized spacial score (nSPS) is 15.7. The van der Waals surface area contributed by atoms with E-state index in [1.165, 1.54) is 0 Å². The van der Waals surface area contributed by atoms with Gasteiger partial charge in [0.1, 0.15) is 4.60 Å². The van der Waals surface area contributed by atoms with Gasteiger partial charge in [-0.05, 0) is 55.7 Å². The molecule has 0 aliphatic carbocycles. The molecule has 0 aromatic carbocycles. The van der Waals surface area contributed by atoms with Crippen LogP contribution in [0.5, 0.6) is 0 Å². The van der Waals surface area contributed by atoms with Crippen LogP contribution in [0.4, 0.5) is 0 Å². The van der Waals surface area contributed by atoms with E-state index in [9.17, 15) is 4.79 Å². The Balaban J connectivity index is 0.000000286. The van der Waals surface area contributed by atoms with E-state index in [0.717, 1.165) is 36.1 Å². The molecular formula is C13H22BrN3O3. The standard InChI is InChI=1S/C9H14BrN3O.C4H8O2/c10-9-7(6-14)5-12-13(9)8-1-3-11-4-2-8;1-4(2)6-3-5/h5,8,11,14H,1-4,6H2;3-4H,1-2H3. The maximum absolute atomic E-state index is 9.39. The zero-order chi connectivity index (χ0) is 15.0. The first-order valence-corrected chi connectivity index (χ1v) is 7.52. The fourth-order valence-corrected chi connectivity index (χ4v) is 2.51. The first-order chi connectivity index (χ1) is 9.60. The molecule has 0 atom stereocenters. The Kier molecular flexibility index (Phi) is 7.79. The van der Waals surface area contributed by atoms with Crippen LogP contribution >= 0.6 is 15.9 Å². The SMILES string of the molecule is CC(C)OC=O.OCc1cnn(C2CCNCC2)c1Br. The Morgan fingerprint density at radius 3 is 2.65 bits per heavy atom. The number of nitrogens with zero attached hydrogens (tertiary/aromatic N) is 2. The van der Waals surface area contributed by atoms with Gasteiger partial charge in [-0.25, -0.2) is 0 Å². The van der Waals surface area contributed by atoms with Crippen LogP contribution in [0, 0.1) is 0 Å². The van der Waals surface area contributed by atoms with E-state index in [1.807, 2.05) is 4.68 Å². The molecule has 0 spiro atoms. The summed E-state index contributed by atoms with van der Waals surface area (Å²) in [6, 6.07) is 0.464. The minimum atomic E-state index is 0.0301. The summed E-state index contributed by atoms with van der Waals surface area (Å²) in [5.74, 6) is 0. The summed E-state index contributed by atoms with van der Waals surface area (Å²) < 4.78 is 7.26. The van der Waals surface area contributed by atoms with E-state index in [1.54, 1.807) is 20.0 Å². The van der Waals surface area contributed by atoms with Crippen LogP contribution in [-0.4, -0.2) is 40.6 Å². The summed E-state index contributed by atoms with van der Waals surface area (Å²) in [7, 11) is 0. The van der Waals surface area contributed by atoms with Gasteiger partial charge in [0.05, 0.1) is 24.9 Å². The number of hydrogen-bond acceptors (Lipinski definition) is 5. The van der Waals surface area contributed by atoms with Gasteiger partial charge in [-0.1, -0.05) is 0 Å². The molecule has 0 bridgehead atoms. The van der Waals surface area contributed by atoms with Crippen LogP contribution < -0.4 is 5.32 Å². The summed E-state index contributed by atoms with van der Waals surface area (Å²) in [5.41, 5.74) is 0.864. The third-order valence-corrected chi connectivity index (χ3v) is 3.83. The average Bonchev–Trinajstić information content (AvgIpc) is 2.81. The molecule has 0 saturated carbocycles. The summed E-state index contributed by atoms with van der Waals surface area (Å²) in [4.78, 5) is 9.39. The molecule has 1 saturated heterocycles. The lowest BCUT2D eigenvalue weighted by Gasteiger charge is -2.23. The second-order valence-electron chi connectivity index (χ2n) is 4.83. The summed E-state index contributed by atoms with van der Waals surface area (Å²) in [6.45, 7) is 6.19. The van der Waals surface area contributed by atoms with Crippen molar-refractivity contribution in [2.45, 2.75) is 45.4 Å². The van der Waals surface area contributed by atoms with Crippen LogP contribution in [-0.2, 0) is 16.1 Å². The highest BCUT2D eigenvalue weighted by Gasteiger charge is 2.18. The average molecular weight is 348 g/mol. The van der Waals surface area contributed by atoms with Crippen molar-refractivity contribution in [1.82, 2.24) is 15.1 Å². The highest BCUT2D eigenvalue weighted by Crippen LogP contribution is 2.25. The van der Waals surface area contributed by atoms with Gasteiger partial charge in [0.15, 0.2) is 0 Å². The molecule has 7 heteroatoms. The lowest BCUT2D eigenvalue weighted by Crippen LogP contribution is -2.30. The molecule has 1 aromatic heterocycles. The van der Waals surface area contributed by atoms with Gasteiger partial charge >= 0.3 is 0 Å². The van der Waals surface area contributed by atoms with Gasteiger partial charge in [-0.2, -0.15) is 5.10 Å². The number of aliphatic hydroxyl groups excluding tert-OH is 1. The Labute approximate surface area is 127 Å². The van der Waals surface area contributed by atoms with E-state index in [2.05, 4.69) is 31.1 Å². The number of piperidine rings is 1. The van der Waals surface area contributed by atoms with Crippen molar-refractivity contribution in [3.8, 4) is 0 Å². The van der Waals surface area contributed by atoms with Crippen molar-refractivity contribution in [3.05, 3.63) is 16.4 Å². The first kappa shape index (κ1) is 17.1. The topological polar surface area (TPSA) is 76.4 Å². The molecule has 2 N–H and O–H groups in total. The van der Waals surface area contributed by atoms with Crippen LogP contribution in [0.15, 0.2) is 10.8 Å². The lowest BCUT2D eigenvalue weighted by molar-refractivity contribution is -0.131. The quantitative estimate of drug-likeness (QED) is 0.809. The smallest absolute Gasteiger partial charge is 0.293 e. The van der Waals surface area contributed by atoms with E-state index in [4.69, 9.17) is 5.11 Å². The molecule has 6 nitrogen and oxygen atoms in total. The molecule has 20 heavy (non-hydrogen) atoms. The molecule has 0 amide bonds. The van der Waals surface area contributed by atoms with Crippen molar-refractivity contribution in [1.29, 1.82) is 0 Å². The van der Waals surface area contributed by atoms with Gasteiger partial charge in [0.25, 0.3) is 6.47 Å². The maximum Gasteiger partial charge on any atom is 0.293 e. The first-order valence-electron chi connectivity index (χ1n) is 6.72. The largest absolute Gasteiger partial charge is 0.465 e. The van der Waals surface area contributed by atoms with Crippen molar-refractivity contribution < 1.29 is 14.6 Å². The van der Waals surface area contributed by atoms with Gasteiger partial charge in [0, 0.05) is 5.56 Å². The molecule has 1 aliphatic heterocycles. The van der Waals surface area contributed by atoms with Gasteiger partial charge < -0.3 is 15.2 Å². The van der Waals surface area contributed by atoms with Crippen LogP contribution in [0.3, 0.4) is 0 Å². The molecule has 0 unspecified atom stereocenters. The van der Waals surface area contributed by atoms with E-state index >= 15 is 0 Å². The molecule has 0 radical (unpaired) electrons. The molecule has 1 aliphatic rings. The highest BCUT2D eigenvalue weighted by atomic mass is 79.9. The second-order valence-corrected chi connectivity index (χ2v) is 5.58. The Bertz CT molecular complexity index is 404. The van der Waals surface area contributed by atoms with Crippen molar-refractivity contribution in [3.63, 3.8) is 0 Å². The highest BCUT2D eigenvalue weighted by molar-refractivity contribution is 9.10. The Morgan fingerprint density at radius 1 is 1.60 bits per heavy atom. The minimum absolute atomic E-state index is 0.0301. The summed E-state index contributed by atoms with van der Waals surface area (Å²) in [5, 5.41) is 16.6.